The number of carbonyl (C=O) groups excluding carboxylic acids is 2. The molecule has 12 heteroatoms. The van der Waals surface area contributed by atoms with E-state index in [0.29, 0.717) is 18.1 Å². The molecule has 0 aliphatic carbocycles. The number of urea groups is 1. The van der Waals surface area contributed by atoms with Gasteiger partial charge in [0.25, 0.3) is 5.91 Å². The predicted molar refractivity (Wildman–Crippen MR) is 124 cm³/mol. The minimum atomic E-state index is -0.687. The lowest BCUT2D eigenvalue weighted by atomic mass is 10.1. The average Bonchev–Trinajstić information content (AvgIpc) is 3.19. The van der Waals surface area contributed by atoms with Crippen molar-refractivity contribution in [2.45, 2.75) is 25.8 Å². The lowest BCUT2D eigenvalue weighted by Crippen LogP contribution is -2.49. The number of nitrogens with two attached hydrogens (primary N) is 1. The predicted octanol–water partition coefficient (Wildman–Crippen LogP) is 3.01. The number of nitrogens with zero attached hydrogens (tertiary/aromatic N) is 4. The first-order valence-electron chi connectivity index (χ1n) is 10.3. The van der Waals surface area contributed by atoms with E-state index in [1.165, 1.54) is 42.0 Å². The minimum absolute atomic E-state index is 0.0372. The van der Waals surface area contributed by atoms with Crippen molar-refractivity contribution in [2.24, 2.45) is 5.73 Å². The topological polar surface area (TPSA) is 138 Å². The fourth-order valence-electron chi connectivity index (χ4n) is 3.53. The third-order valence-corrected chi connectivity index (χ3v) is 5.84. The zero-order valence-corrected chi connectivity index (χ0v) is 18.7. The molecule has 3 heterocycles. The summed E-state index contributed by atoms with van der Waals surface area (Å²) in [4.78, 5) is 35.0. The van der Waals surface area contributed by atoms with Crippen LogP contribution < -0.4 is 26.6 Å². The van der Waals surface area contributed by atoms with Gasteiger partial charge in [-0.05, 0) is 61.6 Å². The maximum atomic E-state index is 13.0. The summed E-state index contributed by atoms with van der Waals surface area (Å²) in [6.07, 6.45) is 3.13. The third-order valence-electron chi connectivity index (χ3n) is 5.05. The van der Waals surface area contributed by atoms with E-state index in [9.17, 15) is 14.0 Å². The minimum Gasteiger partial charge on any atom is -0.364 e. The maximum absolute atomic E-state index is 13.0. The molecule has 33 heavy (non-hydrogen) atoms. The van der Waals surface area contributed by atoms with Crippen molar-refractivity contribution in [2.75, 3.05) is 28.6 Å². The number of aryl methyl sites for hydroxylation is 1. The molecule has 1 atom stereocenters. The van der Waals surface area contributed by atoms with Crippen molar-refractivity contribution in [1.29, 1.82) is 0 Å². The van der Waals surface area contributed by atoms with Crippen molar-refractivity contribution in [1.82, 2.24) is 19.7 Å². The highest BCUT2D eigenvalue weighted by Crippen LogP contribution is 2.25. The number of primary amides is 1. The summed E-state index contributed by atoms with van der Waals surface area (Å²) < 4.78 is 17.3. The molecule has 5 N–H and O–H groups in total. The SMILES string of the molecule is Cc1cc(Nc2nc(N3CCCC(NC(=O)Nc4ccc(F)cc4)C3)cnc2C(N)=O)sn1. The zero-order valence-electron chi connectivity index (χ0n) is 17.8. The molecule has 1 fully saturated rings. The Hall–Kier alpha value is -3.80. The van der Waals surface area contributed by atoms with E-state index < -0.39 is 5.91 Å². The van der Waals surface area contributed by atoms with Crippen LogP contribution in [0.5, 0.6) is 0 Å². The Morgan fingerprint density at radius 1 is 1.27 bits per heavy atom. The highest BCUT2D eigenvalue weighted by molar-refractivity contribution is 7.10. The molecule has 3 amide bonds. The molecule has 0 spiro atoms. The second-order valence-electron chi connectivity index (χ2n) is 7.64. The van der Waals surface area contributed by atoms with E-state index in [1.807, 2.05) is 17.9 Å². The van der Waals surface area contributed by atoms with Crippen LogP contribution in [0.2, 0.25) is 0 Å². The molecule has 1 saturated heterocycles. The van der Waals surface area contributed by atoms with Crippen molar-refractivity contribution in [3.8, 4) is 0 Å². The molecule has 2 aromatic heterocycles. The van der Waals surface area contributed by atoms with E-state index in [1.54, 1.807) is 0 Å². The van der Waals surface area contributed by atoms with Gasteiger partial charge in [-0.15, -0.1) is 0 Å². The largest absolute Gasteiger partial charge is 0.364 e. The van der Waals surface area contributed by atoms with E-state index in [-0.39, 0.29) is 29.4 Å². The number of halogens is 1. The van der Waals surface area contributed by atoms with Crippen molar-refractivity contribution in [3.05, 3.63) is 53.7 Å². The number of aromatic nitrogens is 3. The number of benzene rings is 1. The third kappa shape index (κ3) is 5.71. The summed E-state index contributed by atoms with van der Waals surface area (Å²) in [6.45, 7) is 3.11. The molecule has 1 aliphatic heterocycles. The number of hydrogen-bond acceptors (Lipinski definition) is 8. The Labute approximate surface area is 193 Å². The molecule has 1 aliphatic rings. The van der Waals surface area contributed by atoms with Crippen LogP contribution in [-0.4, -0.2) is 45.4 Å². The van der Waals surface area contributed by atoms with Crippen LogP contribution in [-0.2, 0) is 0 Å². The quantitative estimate of drug-likeness (QED) is 0.434. The normalized spacial score (nSPS) is 15.7. The fourth-order valence-corrected chi connectivity index (χ4v) is 4.19. The number of nitrogens with one attached hydrogen (secondary N) is 3. The summed E-state index contributed by atoms with van der Waals surface area (Å²) in [5.41, 5.74) is 6.85. The van der Waals surface area contributed by atoms with E-state index in [0.717, 1.165) is 30.1 Å². The molecule has 10 nitrogen and oxygen atoms in total. The van der Waals surface area contributed by atoms with Crippen LogP contribution in [0.15, 0.2) is 36.5 Å². The summed E-state index contributed by atoms with van der Waals surface area (Å²) in [6, 6.07) is 6.90. The van der Waals surface area contributed by atoms with E-state index in [4.69, 9.17) is 5.73 Å². The van der Waals surface area contributed by atoms with E-state index in [2.05, 4.69) is 30.3 Å². The first-order valence-corrected chi connectivity index (χ1v) is 11.1. The van der Waals surface area contributed by atoms with Crippen molar-refractivity contribution in [3.63, 3.8) is 0 Å². The highest BCUT2D eigenvalue weighted by Gasteiger charge is 2.24. The molecular weight excluding hydrogens is 447 g/mol. The fraction of sp³-hybridized carbons (Fsp3) is 0.286. The average molecular weight is 471 g/mol. The molecule has 4 rings (SSSR count). The van der Waals surface area contributed by atoms with E-state index >= 15 is 0 Å². The molecule has 3 aromatic rings. The smallest absolute Gasteiger partial charge is 0.319 e. The van der Waals surface area contributed by atoms with Crippen molar-refractivity contribution >= 4 is 45.8 Å². The number of amides is 3. The van der Waals surface area contributed by atoms with Gasteiger partial charge in [-0.3, -0.25) is 4.79 Å². The second kappa shape index (κ2) is 9.77. The van der Waals surface area contributed by atoms with Gasteiger partial charge in [-0.25, -0.2) is 19.2 Å². The summed E-state index contributed by atoms with van der Waals surface area (Å²) in [7, 11) is 0. The first-order chi connectivity index (χ1) is 15.9. The molecule has 0 saturated carbocycles. The number of anilines is 4. The Kier molecular flexibility index (Phi) is 6.63. The molecule has 172 valence electrons. The number of hydrogen-bond donors (Lipinski definition) is 4. The molecule has 0 bridgehead atoms. The Balaban J connectivity index is 1.44. The van der Waals surface area contributed by atoms with Gasteiger partial charge in [0, 0.05) is 24.8 Å². The Morgan fingerprint density at radius 3 is 2.76 bits per heavy atom. The first kappa shape index (κ1) is 22.4. The second-order valence-corrected chi connectivity index (χ2v) is 8.44. The van der Waals surface area contributed by atoms with Crippen LogP contribution in [0.1, 0.15) is 29.0 Å². The standard InChI is InChI=1S/C21H23FN8O2S/c1-12-9-17(33-29-12)28-20-18(19(23)31)24-10-16(27-20)30-8-2-3-15(11-30)26-21(32)25-14-6-4-13(22)5-7-14/h4-7,9-10,15H,2-3,8,11H2,1H3,(H2,23,31)(H,27,28)(H2,25,26,32). The summed E-state index contributed by atoms with van der Waals surface area (Å²) >= 11 is 1.25. The summed E-state index contributed by atoms with van der Waals surface area (Å²) in [5, 5.41) is 9.44. The van der Waals surface area contributed by atoms with Gasteiger partial charge in [0.05, 0.1) is 11.9 Å². The van der Waals surface area contributed by atoms with Crippen LogP contribution in [0.3, 0.4) is 0 Å². The lowest BCUT2D eigenvalue weighted by molar-refractivity contribution is 0.0996. The van der Waals surface area contributed by atoms with Gasteiger partial charge >= 0.3 is 6.03 Å². The molecular formula is C21H23FN8O2S. The molecule has 1 aromatic carbocycles. The monoisotopic (exact) mass is 470 g/mol. The van der Waals surface area contributed by atoms with Crippen LogP contribution in [0, 0.1) is 12.7 Å². The van der Waals surface area contributed by atoms with Crippen LogP contribution >= 0.6 is 11.5 Å². The Morgan fingerprint density at radius 2 is 2.06 bits per heavy atom. The number of carbonyl (C=O) groups is 2. The van der Waals surface area contributed by atoms with Gasteiger partial charge < -0.3 is 26.6 Å². The Bertz CT molecular complexity index is 1150. The van der Waals surface area contributed by atoms with Crippen LogP contribution in [0.25, 0.3) is 0 Å². The van der Waals surface area contributed by atoms with Gasteiger partial charge in [0.15, 0.2) is 11.5 Å². The summed E-state index contributed by atoms with van der Waals surface area (Å²) in [5.74, 6) is -0.234. The van der Waals surface area contributed by atoms with Crippen LogP contribution in [0.4, 0.5) is 31.5 Å². The molecule has 1 unspecified atom stereocenters. The maximum Gasteiger partial charge on any atom is 0.319 e. The van der Waals surface area contributed by atoms with Gasteiger partial charge in [0.2, 0.25) is 0 Å². The van der Waals surface area contributed by atoms with Gasteiger partial charge in [0.1, 0.15) is 16.6 Å². The van der Waals surface area contributed by atoms with Crippen molar-refractivity contribution < 1.29 is 14.0 Å². The number of piperidine rings is 1. The molecule has 0 radical (unpaired) electrons. The van der Waals surface area contributed by atoms with Gasteiger partial charge in [-0.2, -0.15) is 4.37 Å². The highest BCUT2D eigenvalue weighted by atomic mass is 32.1. The zero-order chi connectivity index (χ0) is 23.4. The lowest BCUT2D eigenvalue weighted by Gasteiger charge is -2.34. The number of rotatable bonds is 6. The van der Waals surface area contributed by atoms with Gasteiger partial charge in [-0.1, -0.05) is 0 Å².